The lowest BCUT2D eigenvalue weighted by Gasteiger charge is -2.14. The number of fused-ring (bicyclic) bond motifs is 7. The first kappa shape index (κ1) is 24.1. The zero-order chi connectivity index (χ0) is 27.6. The molecule has 6 rings (SSSR count). The summed E-state index contributed by atoms with van der Waals surface area (Å²) in [5.41, 5.74) is 1.37. The van der Waals surface area contributed by atoms with Gasteiger partial charge in [0.2, 0.25) is 5.75 Å². The Morgan fingerprint density at radius 2 is 1.41 bits per heavy atom. The van der Waals surface area contributed by atoms with Crippen molar-refractivity contribution in [1.29, 1.82) is 0 Å². The fourth-order valence-corrected chi connectivity index (χ4v) is 5.24. The third-order valence-electron chi connectivity index (χ3n) is 6.95. The number of hydrogen-bond acceptors (Lipinski definition) is 9. The van der Waals surface area contributed by atoms with Gasteiger partial charge in [-0.05, 0) is 35.9 Å². The highest BCUT2D eigenvalue weighted by atomic mass is 16.5. The number of nitrogens with zero attached hydrogens (tertiary/aromatic N) is 1. The molecular weight excluding hydrogens is 506 g/mol. The lowest BCUT2D eigenvalue weighted by molar-refractivity contribution is 0.335. The van der Waals surface area contributed by atoms with Crippen molar-refractivity contribution in [3.63, 3.8) is 0 Å². The lowest BCUT2D eigenvalue weighted by atomic mass is 9.97. The molecule has 198 valence electrons. The molecule has 0 saturated heterocycles. The van der Waals surface area contributed by atoms with Gasteiger partial charge in [-0.25, -0.2) is 4.79 Å². The Kier molecular flexibility index (Phi) is 5.35. The number of benzene rings is 3. The molecule has 10 nitrogen and oxygen atoms in total. The number of phenols is 3. The van der Waals surface area contributed by atoms with Crippen LogP contribution in [0.4, 0.5) is 0 Å². The van der Waals surface area contributed by atoms with E-state index < -0.39 is 5.63 Å². The molecule has 6 aromatic rings. The average Bonchev–Trinajstić information content (AvgIpc) is 3.29. The van der Waals surface area contributed by atoms with E-state index in [1.165, 1.54) is 40.6 Å². The molecule has 0 radical (unpaired) electrons. The van der Waals surface area contributed by atoms with E-state index in [0.717, 1.165) is 0 Å². The van der Waals surface area contributed by atoms with E-state index in [1.54, 1.807) is 40.9 Å². The first-order valence-corrected chi connectivity index (χ1v) is 11.8. The highest BCUT2D eigenvalue weighted by Crippen LogP contribution is 2.49. The summed E-state index contributed by atoms with van der Waals surface area (Å²) in [7, 11) is 5.76. The van der Waals surface area contributed by atoms with Crippen molar-refractivity contribution in [3.8, 4) is 51.4 Å². The highest BCUT2D eigenvalue weighted by molar-refractivity contribution is 6.22. The van der Waals surface area contributed by atoms with E-state index in [-0.39, 0.29) is 51.3 Å². The number of ether oxygens (including phenoxy) is 4. The van der Waals surface area contributed by atoms with E-state index >= 15 is 0 Å². The van der Waals surface area contributed by atoms with Crippen LogP contribution in [0.5, 0.6) is 40.2 Å². The number of rotatable bonds is 5. The molecule has 39 heavy (non-hydrogen) atoms. The molecule has 0 bridgehead atoms. The van der Waals surface area contributed by atoms with Crippen LogP contribution in [0, 0.1) is 0 Å². The minimum absolute atomic E-state index is 0.104. The van der Waals surface area contributed by atoms with Crippen LogP contribution in [0.1, 0.15) is 0 Å². The predicted molar refractivity (Wildman–Crippen MR) is 145 cm³/mol. The van der Waals surface area contributed by atoms with E-state index in [4.69, 9.17) is 23.4 Å². The third kappa shape index (κ3) is 3.31. The van der Waals surface area contributed by atoms with Gasteiger partial charge in [0.25, 0.3) is 0 Å². The summed E-state index contributed by atoms with van der Waals surface area (Å²) in [5.74, 6) is 0.486. The summed E-state index contributed by atoms with van der Waals surface area (Å²) in [6.07, 6.45) is 1.65. The highest BCUT2D eigenvalue weighted by Gasteiger charge is 2.26. The molecule has 10 heteroatoms. The second-order valence-electron chi connectivity index (χ2n) is 8.85. The van der Waals surface area contributed by atoms with Crippen LogP contribution >= 0.6 is 0 Å². The van der Waals surface area contributed by atoms with Crippen molar-refractivity contribution >= 4 is 38.2 Å². The predicted octanol–water partition coefficient (Wildman–Crippen LogP) is 5.17. The van der Waals surface area contributed by atoms with Gasteiger partial charge in [0.1, 0.15) is 11.1 Å². The minimum atomic E-state index is -0.648. The average molecular weight is 530 g/mol. The molecule has 3 N–H and O–H groups in total. The zero-order valence-electron chi connectivity index (χ0n) is 21.4. The molecule has 0 aliphatic rings. The molecule has 3 heterocycles. The van der Waals surface area contributed by atoms with Gasteiger partial charge in [0.05, 0.1) is 34.0 Å². The Balaban J connectivity index is 1.93. The maximum atomic E-state index is 13.4. The zero-order valence-corrected chi connectivity index (χ0v) is 21.4. The van der Waals surface area contributed by atoms with Gasteiger partial charge in [0.15, 0.2) is 34.5 Å². The van der Waals surface area contributed by atoms with Crippen LogP contribution in [-0.4, -0.2) is 48.2 Å². The topological polar surface area (TPSA) is 132 Å². The van der Waals surface area contributed by atoms with Crippen molar-refractivity contribution in [2.24, 2.45) is 0 Å². The molecule has 0 atom stereocenters. The number of aromatic hydroxyl groups is 3. The molecule has 0 saturated carbocycles. The molecule has 0 aliphatic carbocycles. The summed E-state index contributed by atoms with van der Waals surface area (Å²) >= 11 is 0. The van der Waals surface area contributed by atoms with Gasteiger partial charge in [0, 0.05) is 39.4 Å². The third-order valence-corrected chi connectivity index (χ3v) is 6.95. The first-order valence-electron chi connectivity index (χ1n) is 11.8. The molecule has 0 fully saturated rings. The maximum Gasteiger partial charge on any atom is 0.361 e. The molecule has 0 spiro atoms. The van der Waals surface area contributed by atoms with Gasteiger partial charge >= 0.3 is 5.63 Å². The number of methoxy groups -OCH3 is 4. The smallest absolute Gasteiger partial charge is 0.361 e. The molecule has 0 amide bonds. The van der Waals surface area contributed by atoms with Crippen LogP contribution < -0.4 is 24.6 Å². The monoisotopic (exact) mass is 529 g/mol. The second kappa shape index (κ2) is 8.66. The van der Waals surface area contributed by atoms with Gasteiger partial charge in [-0.15, -0.1) is 0 Å². The SMILES string of the molecule is COc1ccc(-c2c3c4cc(OC)c(O)cc4oc(=O)c3n3ccc4c(O)c(OC)c(OC)cc4c23)cc1O. The number of aromatic nitrogens is 1. The Bertz CT molecular complexity index is 2020. The Labute approximate surface area is 220 Å². The number of hydrogen-bond donors (Lipinski definition) is 3. The normalized spacial score (nSPS) is 11.5. The van der Waals surface area contributed by atoms with Crippen LogP contribution in [0.2, 0.25) is 0 Å². The van der Waals surface area contributed by atoms with E-state index in [0.29, 0.717) is 38.2 Å². The van der Waals surface area contributed by atoms with Gasteiger partial charge < -0.3 is 43.1 Å². The summed E-state index contributed by atoms with van der Waals surface area (Å²) < 4.78 is 28.8. The van der Waals surface area contributed by atoms with Crippen LogP contribution in [0.15, 0.2) is 57.9 Å². The fraction of sp³-hybridized carbons (Fsp3) is 0.138. The summed E-state index contributed by atoms with van der Waals surface area (Å²) in [5, 5.41) is 34.1. The van der Waals surface area contributed by atoms with Crippen molar-refractivity contribution in [2.75, 3.05) is 28.4 Å². The quantitative estimate of drug-likeness (QED) is 0.259. The number of phenolic OH excluding ortho intramolecular Hbond substituents is 3. The standard InChI is InChI=1S/C29H23NO9/c1-35-19-6-5-13(9-17(19)31)23-24-16-11-21(36-2)18(32)12-20(16)39-29(34)26(24)30-8-7-14-15(25(23)30)10-22(37-3)28(38-4)27(14)33/h5-12,31-33H,1-4H3. The molecule has 0 aliphatic heterocycles. The number of pyridine rings is 1. The van der Waals surface area contributed by atoms with Crippen LogP contribution in [0.3, 0.4) is 0 Å². The lowest BCUT2D eigenvalue weighted by Crippen LogP contribution is -2.02. The largest absolute Gasteiger partial charge is 0.504 e. The molecule has 3 aromatic heterocycles. The Hall–Kier alpha value is -5.25. The Morgan fingerprint density at radius 3 is 2.08 bits per heavy atom. The molecule has 3 aromatic carbocycles. The first-order chi connectivity index (χ1) is 18.8. The van der Waals surface area contributed by atoms with Crippen molar-refractivity contribution in [2.45, 2.75) is 0 Å². The van der Waals surface area contributed by atoms with E-state index in [1.807, 2.05) is 0 Å². The van der Waals surface area contributed by atoms with Crippen LogP contribution in [-0.2, 0) is 0 Å². The van der Waals surface area contributed by atoms with Gasteiger partial charge in [-0.2, -0.15) is 0 Å². The van der Waals surface area contributed by atoms with E-state index in [9.17, 15) is 20.1 Å². The fourth-order valence-electron chi connectivity index (χ4n) is 5.24. The van der Waals surface area contributed by atoms with Crippen molar-refractivity contribution in [3.05, 3.63) is 59.1 Å². The Morgan fingerprint density at radius 1 is 0.718 bits per heavy atom. The van der Waals surface area contributed by atoms with Crippen molar-refractivity contribution < 1.29 is 38.7 Å². The van der Waals surface area contributed by atoms with Crippen molar-refractivity contribution in [1.82, 2.24) is 4.40 Å². The minimum Gasteiger partial charge on any atom is -0.504 e. The summed E-state index contributed by atoms with van der Waals surface area (Å²) in [4.78, 5) is 13.4. The second-order valence-corrected chi connectivity index (χ2v) is 8.85. The van der Waals surface area contributed by atoms with Crippen LogP contribution in [0.25, 0.3) is 49.3 Å². The van der Waals surface area contributed by atoms with E-state index in [2.05, 4.69) is 0 Å². The molecule has 0 unspecified atom stereocenters. The van der Waals surface area contributed by atoms with Gasteiger partial charge in [-0.1, -0.05) is 6.07 Å². The van der Waals surface area contributed by atoms with Gasteiger partial charge in [-0.3, -0.25) is 0 Å². The maximum absolute atomic E-state index is 13.4. The molecular formula is C29H23NO9. The summed E-state index contributed by atoms with van der Waals surface area (Å²) in [6, 6.07) is 11.2. The summed E-state index contributed by atoms with van der Waals surface area (Å²) in [6.45, 7) is 0.